The zero-order valence-corrected chi connectivity index (χ0v) is 16.9. The van der Waals surface area contributed by atoms with Crippen molar-refractivity contribution in [2.75, 3.05) is 21.3 Å². The largest absolute Gasteiger partial charge is 0.427 e. The van der Waals surface area contributed by atoms with Crippen molar-refractivity contribution in [2.24, 2.45) is 0 Å². The zero-order valence-electron chi connectivity index (χ0n) is 15.5. The molecule has 0 aliphatic heterocycles. The molecule has 2 aromatic carbocycles. The van der Waals surface area contributed by atoms with Crippen molar-refractivity contribution < 1.29 is 19.0 Å². The predicted molar refractivity (Wildman–Crippen MR) is 104 cm³/mol. The normalized spacial score (nSPS) is 11.2. The van der Waals surface area contributed by atoms with Crippen LogP contribution in [-0.4, -0.2) is 52.0 Å². The maximum absolute atomic E-state index is 12.3. The first-order chi connectivity index (χ1) is 12.7. The highest BCUT2D eigenvalue weighted by Gasteiger charge is 2.13. The Labute approximate surface area is 155 Å². The summed E-state index contributed by atoms with van der Waals surface area (Å²) in [6, 6.07) is 13.1. The van der Waals surface area contributed by atoms with Crippen LogP contribution in [0, 0.1) is 0 Å². The molecule has 0 N–H and O–H groups in total. The molecule has 0 saturated heterocycles. The minimum atomic E-state index is -0.379. The van der Waals surface area contributed by atoms with Crippen LogP contribution >= 0.6 is 0 Å². The second-order valence-corrected chi connectivity index (χ2v) is 7.38. The SMILES string of the molecule is COOC.CO[SiH2]CCCCC(=O)n1nnc2c3ccccc3ccc21. The van der Waals surface area contributed by atoms with Crippen LogP contribution in [0.4, 0.5) is 0 Å². The molecule has 0 unspecified atom stereocenters. The van der Waals surface area contributed by atoms with E-state index in [1.165, 1.54) is 18.9 Å². The molecule has 3 aromatic rings. The Balaban J connectivity index is 0.000000552. The summed E-state index contributed by atoms with van der Waals surface area (Å²) in [7, 11) is 4.29. The number of fused-ring (bicyclic) bond motifs is 3. The number of benzene rings is 2. The predicted octanol–water partition coefficient (Wildman–Crippen LogP) is 2.74. The number of carbonyl (C=O) groups is 1. The lowest BCUT2D eigenvalue weighted by Gasteiger charge is -2.02. The van der Waals surface area contributed by atoms with Gasteiger partial charge in [-0.1, -0.05) is 42.0 Å². The fourth-order valence-corrected chi connectivity index (χ4v) is 3.49. The number of aromatic nitrogens is 3. The van der Waals surface area contributed by atoms with Gasteiger partial charge in [0.2, 0.25) is 5.91 Å². The number of unbranched alkanes of at least 4 members (excludes halogenated alkanes) is 1. The van der Waals surface area contributed by atoms with E-state index < -0.39 is 0 Å². The molecule has 3 rings (SSSR count). The molecule has 0 radical (unpaired) electrons. The third-order valence-corrected chi connectivity index (χ3v) is 5.18. The van der Waals surface area contributed by atoms with Gasteiger partial charge in [-0.15, -0.1) is 5.10 Å². The fraction of sp³-hybridized carbons (Fsp3) is 0.389. The van der Waals surface area contributed by atoms with Gasteiger partial charge in [-0.05, 0) is 23.9 Å². The van der Waals surface area contributed by atoms with Crippen molar-refractivity contribution in [3.8, 4) is 0 Å². The third kappa shape index (κ3) is 5.18. The monoisotopic (exact) mass is 375 g/mol. The lowest BCUT2D eigenvalue weighted by atomic mass is 10.1. The summed E-state index contributed by atoms with van der Waals surface area (Å²) in [4.78, 5) is 20.4. The molecule has 1 aromatic heterocycles. The summed E-state index contributed by atoms with van der Waals surface area (Å²) in [5, 5.41) is 10.4. The average Bonchev–Trinajstić information content (AvgIpc) is 3.12. The molecular formula is C18H25N3O4Si. The molecule has 140 valence electrons. The molecule has 7 nitrogen and oxygen atoms in total. The van der Waals surface area contributed by atoms with Crippen molar-refractivity contribution in [1.82, 2.24) is 15.0 Å². The maximum Gasteiger partial charge on any atom is 0.248 e. The highest BCUT2D eigenvalue weighted by molar-refractivity contribution is 6.26. The van der Waals surface area contributed by atoms with E-state index in [9.17, 15) is 4.79 Å². The summed E-state index contributed by atoms with van der Waals surface area (Å²) < 4.78 is 6.59. The Kier molecular flexibility index (Phi) is 8.36. The number of hydrogen-bond acceptors (Lipinski definition) is 6. The van der Waals surface area contributed by atoms with Gasteiger partial charge in [-0.25, -0.2) is 9.78 Å². The van der Waals surface area contributed by atoms with Crippen LogP contribution in [-0.2, 0) is 14.2 Å². The highest BCUT2D eigenvalue weighted by Crippen LogP contribution is 2.23. The van der Waals surface area contributed by atoms with Crippen LogP contribution in [0.1, 0.15) is 24.1 Å². The standard InChI is InChI=1S/C16H19N3O2Si.C2H6O2/c1-21-22-11-5-4-8-15(20)19-14-10-9-12-6-2-3-7-13(12)16(14)17-18-19;1-3-4-2/h2-3,6-7,9-10H,4-5,8,11,22H2,1H3;1-2H3. The van der Waals surface area contributed by atoms with Gasteiger partial charge in [-0.2, -0.15) is 4.68 Å². The lowest BCUT2D eigenvalue weighted by molar-refractivity contribution is -0.248. The Morgan fingerprint density at radius 3 is 2.58 bits per heavy atom. The molecule has 0 aliphatic rings. The molecule has 26 heavy (non-hydrogen) atoms. The second-order valence-electron chi connectivity index (χ2n) is 5.69. The zero-order chi connectivity index (χ0) is 18.8. The maximum atomic E-state index is 12.3. The van der Waals surface area contributed by atoms with Gasteiger partial charge >= 0.3 is 0 Å². The van der Waals surface area contributed by atoms with Gasteiger partial charge in [0.25, 0.3) is 0 Å². The van der Waals surface area contributed by atoms with E-state index in [1.54, 1.807) is 7.11 Å². The Hall–Kier alpha value is -2.13. The van der Waals surface area contributed by atoms with E-state index in [1.807, 2.05) is 36.4 Å². The summed E-state index contributed by atoms with van der Waals surface area (Å²) in [6.45, 7) is 0. The molecule has 0 bridgehead atoms. The molecule has 0 aliphatic carbocycles. The molecule has 0 amide bonds. The van der Waals surface area contributed by atoms with E-state index in [0.717, 1.165) is 40.7 Å². The highest BCUT2D eigenvalue weighted by atomic mass is 28.2. The number of hydrogen-bond donors (Lipinski definition) is 0. The van der Waals surface area contributed by atoms with E-state index in [2.05, 4.69) is 20.1 Å². The molecule has 1 heterocycles. The van der Waals surface area contributed by atoms with E-state index >= 15 is 0 Å². The molecule has 0 saturated carbocycles. The summed E-state index contributed by atoms with van der Waals surface area (Å²) in [6.07, 6.45) is 2.43. The quantitative estimate of drug-likeness (QED) is 0.274. The van der Waals surface area contributed by atoms with Gasteiger partial charge in [0, 0.05) is 18.9 Å². The van der Waals surface area contributed by atoms with E-state index in [-0.39, 0.29) is 15.7 Å². The third-order valence-electron chi connectivity index (χ3n) is 3.98. The second kappa shape index (κ2) is 10.8. The van der Waals surface area contributed by atoms with Gasteiger partial charge < -0.3 is 4.43 Å². The first-order valence-electron chi connectivity index (χ1n) is 8.55. The molecule has 0 fully saturated rings. The molecule has 0 atom stereocenters. The fourth-order valence-electron chi connectivity index (χ4n) is 2.65. The topological polar surface area (TPSA) is 75.5 Å². The van der Waals surface area contributed by atoms with Crippen LogP contribution in [0.25, 0.3) is 21.8 Å². The summed E-state index contributed by atoms with van der Waals surface area (Å²) >= 11 is 0. The van der Waals surface area contributed by atoms with Crippen LogP contribution in [0.2, 0.25) is 6.04 Å². The van der Waals surface area contributed by atoms with Crippen molar-refractivity contribution in [3.63, 3.8) is 0 Å². The van der Waals surface area contributed by atoms with Crippen molar-refractivity contribution in [3.05, 3.63) is 36.4 Å². The average molecular weight is 376 g/mol. The lowest BCUT2D eigenvalue weighted by Crippen LogP contribution is -2.12. The molecular weight excluding hydrogens is 350 g/mol. The molecule has 0 spiro atoms. The first kappa shape index (κ1) is 20.2. The summed E-state index contributed by atoms with van der Waals surface area (Å²) in [5.74, 6) is 0.0110. The molecule has 8 heteroatoms. The van der Waals surface area contributed by atoms with Crippen LogP contribution in [0.5, 0.6) is 0 Å². The minimum absolute atomic E-state index is 0.0110. The van der Waals surface area contributed by atoms with Gasteiger partial charge in [-0.3, -0.25) is 4.79 Å². The van der Waals surface area contributed by atoms with Gasteiger partial charge in [0.1, 0.15) is 5.52 Å². The smallest absolute Gasteiger partial charge is 0.248 e. The Morgan fingerprint density at radius 1 is 1.08 bits per heavy atom. The minimum Gasteiger partial charge on any atom is -0.427 e. The summed E-state index contributed by atoms with van der Waals surface area (Å²) in [5.41, 5.74) is 1.58. The Morgan fingerprint density at radius 2 is 1.85 bits per heavy atom. The van der Waals surface area contributed by atoms with E-state index in [4.69, 9.17) is 4.43 Å². The van der Waals surface area contributed by atoms with Crippen molar-refractivity contribution in [1.29, 1.82) is 0 Å². The van der Waals surface area contributed by atoms with Crippen LogP contribution < -0.4 is 0 Å². The van der Waals surface area contributed by atoms with E-state index in [0.29, 0.717) is 6.42 Å². The number of rotatable bonds is 7. The Bertz CT molecular complexity index is 836. The number of carbonyl (C=O) groups excluding carboxylic acids is 1. The van der Waals surface area contributed by atoms with Crippen LogP contribution in [0.15, 0.2) is 36.4 Å². The van der Waals surface area contributed by atoms with Gasteiger partial charge in [0.15, 0.2) is 9.76 Å². The van der Waals surface area contributed by atoms with Crippen molar-refractivity contribution in [2.45, 2.75) is 25.3 Å². The van der Waals surface area contributed by atoms with Crippen molar-refractivity contribution >= 4 is 37.5 Å². The van der Waals surface area contributed by atoms with Gasteiger partial charge in [0.05, 0.1) is 19.7 Å². The number of nitrogens with zero attached hydrogens (tertiary/aromatic N) is 3. The first-order valence-corrected chi connectivity index (χ1v) is 10.1. The van der Waals surface area contributed by atoms with Crippen LogP contribution in [0.3, 0.4) is 0 Å².